The van der Waals surface area contributed by atoms with Crippen LogP contribution in [-0.2, 0) is 0 Å². The number of rotatable bonds is 1. The van der Waals surface area contributed by atoms with Crippen molar-refractivity contribution in [2.75, 3.05) is 13.7 Å². The van der Waals surface area contributed by atoms with Gasteiger partial charge in [0.05, 0.1) is 11.3 Å². The Labute approximate surface area is 99.1 Å². The second kappa shape index (κ2) is 4.18. The third kappa shape index (κ3) is 1.91. The van der Waals surface area contributed by atoms with Crippen LogP contribution in [0.4, 0.5) is 0 Å². The van der Waals surface area contributed by atoms with E-state index in [1.54, 1.807) is 19.2 Å². The first-order valence-corrected chi connectivity index (χ1v) is 5.35. The summed E-state index contributed by atoms with van der Waals surface area (Å²) in [5, 5.41) is 3.50. The molecule has 1 aliphatic rings. The Morgan fingerprint density at radius 1 is 1.44 bits per heavy atom. The van der Waals surface area contributed by atoms with Crippen LogP contribution in [0.15, 0.2) is 23.9 Å². The fraction of sp³-hybridized carbons (Fsp3) is 0.250. The average molecular weight is 238 g/mol. The SMILES string of the molecule is CNC1=CC(=O)c2cc(Cl)c(C)cc2OC1. The molecule has 84 valence electrons. The summed E-state index contributed by atoms with van der Waals surface area (Å²) in [6, 6.07) is 3.45. The van der Waals surface area contributed by atoms with Crippen LogP contribution in [0.25, 0.3) is 0 Å². The fourth-order valence-corrected chi connectivity index (χ4v) is 1.71. The predicted octanol–water partition coefficient (Wildman–Crippen LogP) is 2.33. The molecule has 0 bridgehead atoms. The van der Waals surface area contributed by atoms with Crippen molar-refractivity contribution >= 4 is 17.4 Å². The lowest BCUT2D eigenvalue weighted by molar-refractivity contribution is 0.104. The Balaban J connectivity index is 2.50. The van der Waals surface area contributed by atoms with Crippen molar-refractivity contribution in [1.29, 1.82) is 0 Å². The molecule has 0 fully saturated rings. The van der Waals surface area contributed by atoms with Gasteiger partial charge in [0.2, 0.25) is 0 Å². The van der Waals surface area contributed by atoms with Gasteiger partial charge in [0.1, 0.15) is 12.4 Å². The maximum absolute atomic E-state index is 11.9. The number of hydrogen-bond acceptors (Lipinski definition) is 3. The first-order chi connectivity index (χ1) is 7.61. The minimum atomic E-state index is -0.0845. The zero-order valence-corrected chi connectivity index (χ0v) is 9.89. The number of fused-ring (bicyclic) bond motifs is 1. The van der Waals surface area contributed by atoms with Crippen LogP contribution >= 0.6 is 11.6 Å². The lowest BCUT2D eigenvalue weighted by Gasteiger charge is -2.09. The second-order valence-corrected chi connectivity index (χ2v) is 4.08. The number of aryl methyl sites for hydroxylation is 1. The Hall–Kier alpha value is -1.48. The zero-order chi connectivity index (χ0) is 11.7. The number of carbonyl (C=O) groups is 1. The normalized spacial score (nSPS) is 14.7. The molecule has 1 aromatic carbocycles. The highest BCUT2D eigenvalue weighted by Gasteiger charge is 2.17. The van der Waals surface area contributed by atoms with Crippen molar-refractivity contribution in [1.82, 2.24) is 5.32 Å². The second-order valence-electron chi connectivity index (χ2n) is 3.67. The van der Waals surface area contributed by atoms with Crippen LogP contribution in [-0.4, -0.2) is 19.4 Å². The van der Waals surface area contributed by atoms with Crippen LogP contribution < -0.4 is 10.1 Å². The maximum atomic E-state index is 11.9. The summed E-state index contributed by atoms with van der Waals surface area (Å²) >= 11 is 5.99. The van der Waals surface area contributed by atoms with Crippen LogP contribution in [0.3, 0.4) is 0 Å². The highest BCUT2D eigenvalue weighted by Crippen LogP contribution is 2.29. The molecule has 16 heavy (non-hydrogen) atoms. The van der Waals surface area contributed by atoms with Gasteiger partial charge in [0.25, 0.3) is 0 Å². The van der Waals surface area contributed by atoms with Gasteiger partial charge in [-0.25, -0.2) is 0 Å². The third-order valence-electron chi connectivity index (χ3n) is 2.54. The summed E-state index contributed by atoms with van der Waals surface area (Å²) < 4.78 is 5.55. The molecule has 0 amide bonds. The lowest BCUT2D eigenvalue weighted by Crippen LogP contribution is -2.13. The van der Waals surface area contributed by atoms with E-state index in [2.05, 4.69) is 5.32 Å². The van der Waals surface area contributed by atoms with E-state index in [9.17, 15) is 4.79 Å². The van der Waals surface area contributed by atoms with Gasteiger partial charge in [-0.05, 0) is 24.6 Å². The number of nitrogens with one attached hydrogen (secondary N) is 1. The molecule has 0 atom stereocenters. The summed E-state index contributed by atoms with van der Waals surface area (Å²) in [7, 11) is 1.76. The molecule has 0 radical (unpaired) electrons. The molecule has 0 spiro atoms. The molecule has 0 aromatic heterocycles. The van der Waals surface area contributed by atoms with Crippen LogP contribution in [0.2, 0.25) is 5.02 Å². The first-order valence-electron chi connectivity index (χ1n) is 4.97. The Kier molecular flexibility index (Phi) is 2.88. The molecule has 0 aliphatic carbocycles. The van der Waals surface area contributed by atoms with Crippen molar-refractivity contribution in [2.45, 2.75) is 6.92 Å². The van der Waals surface area contributed by atoms with Gasteiger partial charge in [-0.15, -0.1) is 0 Å². The summed E-state index contributed by atoms with van der Waals surface area (Å²) in [5.74, 6) is 0.507. The summed E-state index contributed by atoms with van der Waals surface area (Å²) in [6.07, 6.45) is 1.54. The lowest BCUT2D eigenvalue weighted by atomic mass is 10.1. The molecule has 0 saturated heterocycles. The summed E-state index contributed by atoms with van der Waals surface area (Å²) in [4.78, 5) is 11.9. The molecule has 1 heterocycles. The van der Waals surface area contributed by atoms with E-state index in [1.165, 1.54) is 6.08 Å². The number of ketones is 1. The molecule has 0 unspecified atom stereocenters. The molecular formula is C12H12ClNO2. The Morgan fingerprint density at radius 2 is 2.19 bits per heavy atom. The number of carbonyl (C=O) groups excluding carboxylic acids is 1. The number of halogens is 1. The first kappa shape index (κ1) is 11.0. The van der Waals surface area contributed by atoms with Gasteiger partial charge in [0.15, 0.2) is 5.78 Å². The standard InChI is InChI=1S/C12H12ClNO2/c1-7-3-12-9(5-10(7)13)11(15)4-8(14-2)6-16-12/h3-5,14H,6H2,1-2H3. The Morgan fingerprint density at radius 3 is 2.88 bits per heavy atom. The van der Waals surface area contributed by atoms with Crippen LogP contribution in [0.1, 0.15) is 15.9 Å². The van der Waals surface area contributed by atoms with Gasteiger partial charge >= 0.3 is 0 Å². The van der Waals surface area contributed by atoms with Crippen molar-refractivity contribution < 1.29 is 9.53 Å². The average Bonchev–Trinajstić information content (AvgIpc) is 2.41. The molecule has 1 N–H and O–H groups in total. The number of ether oxygens (including phenoxy) is 1. The van der Waals surface area contributed by atoms with Crippen molar-refractivity contribution in [3.05, 3.63) is 40.1 Å². The molecule has 4 heteroatoms. The number of allylic oxidation sites excluding steroid dienone is 1. The summed E-state index contributed by atoms with van der Waals surface area (Å²) in [6.45, 7) is 2.25. The molecule has 3 nitrogen and oxygen atoms in total. The van der Waals surface area contributed by atoms with Crippen LogP contribution in [0.5, 0.6) is 5.75 Å². The van der Waals surface area contributed by atoms with E-state index in [1.807, 2.05) is 6.92 Å². The highest BCUT2D eigenvalue weighted by atomic mass is 35.5. The van der Waals surface area contributed by atoms with Crippen molar-refractivity contribution in [3.63, 3.8) is 0 Å². The maximum Gasteiger partial charge on any atom is 0.191 e. The van der Waals surface area contributed by atoms with E-state index < -0.39 is 0 Å². The molecule has 0 saturated carbocycles. The monoisotopic (exact) mass is 237 g/mol. The van der Waals surface area contributed by atoms with E-state index >= 15 is 0 Å². The number of likely N-dealkylation sites (N-methyl/N-ethyl adjacent to an activating group) is 1. The quantitative estimate of drug-likeness (QED) is 0.815. The zero-order valence-electron chi connectivity index (χ0n) is 9.13. The topological polar surface area (TPSA) is 38.3 Å². The van der Waals surface area contributed by atoms with Gasteiger partial charge in [0, 0.05) is 18.1 Å². The smallest absolute Gasteiger partial charge is 0.191 e. The highest BCUT2D eigenvalue weighted by molar-refractivity contribution is 6.32. The van der Waals surface area contributed by atoms with Gasteiger partial charge < -0.3 is 10.1 Å². The number of benzene rings is 1. The van der Waals surface area contributed by atoms with E-state index in [0.29, 0.717) is 22.9 Å². The molecule has 1 aliphatic heterocycles. The molecule has 2 rings (SSSR count). The largest absolute Gasteiger partial charge is 0.487 e. The van der Waals surface area contributed by atoms with Gasteiger partial charge in [-0.2, -0.15) is 0 Å². The number of hydrogen-bond donors (Lipinski definition) is 1. The molecular weight excluding hydrogens is 226 g/mol. The van der Waals surface area contributed by atoms with Crippen LogP contribution in [0, 0.1) is 6.92 Å². The third-order valence-corrected chi connectivity index (χ3v) is 2.94. The molecule has 1 aromatic rings. The van der Waals surface area contributed by atoms with Crippen molar-refractivity contribution in [3.8, 4) is 5.75 Å². The minimum Gasteiger partial charge on any atom is -0.487 e. The van der Waals surface area contributed by atoms with E-state index in [4.69, 9.17) is 16.3 Å². The Bertz CT molecular complexity index is 480. The minimum absolute atomic E-state index is 0.0845. The van der Waals surface area contributed by atoms with Gasteiger partial charge in [-0.3, -0.25) is 4.79 Å². The predicted molar refractivity (Wildman–Crippen MR) is 63.2 cm³/mol. The summed E-state index contributed by atoms with van der Waals surface area (Å²) in [5.41, 5.74) is 2.18. The van der Waals surface area contributed by atoms with Crippen molar-refractivity contribution in [2.24, 2.45) is 0 Å². The van der Waals surface area contributed by atoms with Gasteiger partial charge in [-0.1, -0.05) is 11.6 Å². The fourth-order valence-electron chi connectivity index (χ4n) is 1.54. The van der Waals surface area contributed by atoms with E-state index in [0.717, 1.165) is 11.3 Å². The van der Waals surface area contributed by atoms with E-state index in [-0.39, 0.29) is 5.78 Å².